The van der Waals surface area contributed by atoms with Gasteiger partial charge in [0.15, 0.2) is 0 Å². The third-order valence-corrected chi connectivity index (χ3v) is 0.511. The number of methoxy groups -OCH3 is 1. The van der Waals surface area contributed by atoms with Crippen LogP contribution in [-0.4, -0.2) is 7.11 Å². The molecular formula is C5H7ClO. The average molecular weight is 119 g/mol. The second kappa shape index (κ2) is 3.75. The number of ether oxygens (including phenoxy) is 1. The van der Waals surface area contributed by atoms with Crippen LogP contribution in [0.15, 0.2) is 23.9 Å². The summed E-state index contributed by atoms with van der Waals surface area (Å²) in [5.41, 5.74) is 0. The Morgan fingerprint density at radius 2 is 2.43 bits per heavy atom. The van der Waals surface area contributed by atoms with Crippen LogP contribution in [0.1, 0.15) is 0 Å². The molecule has 40 valence electrons. The van der Waals surface area contributed by atoms with E-state index in [1.54, 1.807) is 13.2 Å². The zero-order chi connectivity index (χ0) is 5.70. The normalized spacial score (nSPS) is 9.43. The van der Waals surface area contributed by atoms with Gasteiger partial charge in [0.2, 0.25) is 0 Å². The third kappa shape index (κ3) is 5.57. The molecule has 0 aliphatic carbocycles. The smallest absolute Gasteiger partial charge is 0.0839 e. The summed E-state index contributed by atoms with van der Waals surface area (Å²) >= 11 is 5.30. The Morgan fingerprint density at radius 1 is 1.86 bits per heavy atom. The van der Waals surface area contributed by atoms with Crippen LogP contribution < -0.4 is 0 Å². The average Bonchev–Trinajstić information content (AvgIpc) is 1.61. The SMILES string of the molecule is C=C(Cl)/C=C/OC. The van der Waals surface area contributed by atoms with E-state index in [0.717, 1.165) is 0 Å². The molecule has 0 unspecified atom stereocenters. The molecule has 0 saturated heterocycles. The first kappa shape index (κ1) is 6.57. The van der Waals surface area contributed by atoms with Gasteiger partial charge in [-0.2, -0.15) is 0 Å². The first-order chi connectivity index (χ1) is 3.27. The summed E-state index contributed by atoms with van der Waals surface area (Å²) < 4.78 is 4.53. The molecule has 0 rings (SSSR count). The Hall–Kier alpha value is -0.430. The first-order valence-electron chi connectivity index (χ1n) is 1.81. The quantitative estimate of drug-likeness (QED) is 0.398. The van der Waals surface area contributed by atoms with Crippen LogP contribution in [0.25, 0.3) is 0 Å². The van der Waals surface area contributed by atoms with Crippen molar-refractivity contribution in [3.63, 3.8) is 0 Å². The topological polar surface area (TPSA) is 9.23 Å². The predicted octanol–water partition coefficient (Wildman–Crippen LogP) is 1.90. The van der Waals surface area contributed by atoms with Crippen LogP contribution in [-0.2, 0) is 4.74 Å². The highest BCUT2D eigenvalue weighted by molar-refractivity contribution is 6.30. The molecule has 2 heteroatoms. The Bertz CT molecular complexity index is 86.1. The maximum absolute atomic E-state index is 5.30. The molecule has 0 heterocycles. The molecule has 0 bridgehead atoms. The van der Waals surface area contributed by atoms with Crippen LogP contribution >= 0.6 is 11.6 Å². The second-order valence-electron chi connectivity index (χ2n) is 0.985. The fraction of sp³-hybridized carbons (Fsp3) is 0.200. The van der Waals surface area contributed by atoms with Gasteiger partial charge in [0, 0.05) is 5.03 Å². The highest BCUT2D eigenvalue weighted by Crippen LogP contribution is 1.96. The van der Waals surface area contributed by atoms with E-state index in [-0.39, 0.29) is 0 Å². The van der Waals surface area contributed by atoms with Gasteiger partial charge in [0.1, 0.15) is 0 Å². The fourth-order valence-corrected chi connectivity index (χ4v) is 0.193. The molecule has 0 atom stereocenters. The van der Waals surface area contributed by atoms with Crippen molar-refractivity contribution in [1.82, 2.24) is 0 Å². The van der Waals surface area contributed by atoms with E-state index in [0.29, 0.717) is 5.03 Å². The van der Waals surface area contributed by atoms with Crippen molar-refractivity contribution < 1.29 is 4.74 Å². The molecule has 1 nitrogen and oxygen atoms in total. The van der Waals surface area contributed by atoms with Crippen molar-refractivity contribution in [3.05, 3.63) is 23.9 Å². The van der Waals surface area contributed by atoms with Crippen molar-refractivity contribution >= 4 is 11.6 Å². The Morgan fingerprint density at radius 3 is 2.57 bits per heavy atom. The Labute approximate surface area is 48.2 Å². The molecule has 0 aliphatic rings. The molecule has 0 aromatic carbocycles. The minimum absolute atomic E-state index is 0.474. The zero-order valence-corrected chi connectivity index (χ0v) is 4.90. The number of allylic oxidation sites excluding steroid dienone is 2. The summed E-state index contributed by atoms with van der Waals surface area (Å²) in [4.78, 5) is 0. The van der Waals surface area contributed by atoms with E-state index in [2.05, 4.69) is 11.3 Å². The monoisotopic (exact) mass is 118 g/mol. The van der Waals surface area contributed by atoms with Gasteiger partial charge in [0.05, 0.1) is 13.4 Å². The molecular weight excluding hydrogens is 112 g/mol. The van der Waals surface area contributed by atoms with Crippen molar-refractivity contribution in [3.8, 4) is 0 Å². The minimum Gasteiger partial charge on any atom is -0.504 e. The van der Waals surface area contributed by atoms with Gasteiger partial charge < -0.3 is 4.74 Å². The van der Waals surface area contributed by atoms with E-state index < -0.39 is 0 Å². The summed E-state index contributed by atoms with van der Waals surface area (Å²) in [6, 6.07) is 0. The summed E-state index contributed by atoms with van der Waals surface area (Å²) in [6.45, 7) is 3.39. The van der Waals surface area contributed by atoms with Gasteiger partial charge in [-0.15, -0.1) is 0 Å². The maximum atomic E-state index is 5.30. The van der Waals surface area contributed by atoms with E-state index >= 15 is 0 Å². The van der Waals surface area contributed by atoms with Crippen molar-refractivity contribution in [2.75, 3.05) is 7.11 Å². The maximum Gasteiger partial charge on any atom is 0.0839 e. The van der Waals surface area contributed by atoms with Gasteiger partial charge >= 0.3 is 0 Å². The summed E-state index contributed by atoms with van der Waals surface area (Å²) in [5, 5.41) is 0.474. The number of hydrogen-bond acceptors (Lipinski definition) is 1. The number of rotatable bonds is 2. The molecule has 0 aromatic heterocycles. The molecule has 0 aromatic rings. The molecule has 0 fully saturated rings. The molecule has 0 aliphatic heterocycles. The largest absolute Gasteiger partial charge is 0.504 e. The van der Waals surface area contributed by atoms with Crippen molar-refractivity contribution in [2.24, 2.45) is 0 Å². The van der Waals surface area contributed by atoms with Crippen LogP contribution in [0.4, 0.5) is 0 Å². The predicted molar refractivity (Wildman–Crippen MR) is 31.1 cm³/mol. The first-order valence-corrected chi connectivity index (χ1v) is 2.19. The molecule has 0 N–H and O–H groups in total. The summed E-state index contributed by atoms with van der Waals surface area (Å²) in [5.74, 6) is 0. The lowest BCUT2D eigenvalue weighted by atomic mass is 10.6. The van der Waals surface area contributed by atoms with E-state index in [1.807, 2.05) is 0 Å². The van der Waals surface area contributed by atoms with E-state index in [1.165, 1.54) is 6.26 Å². The van der Waals surface area contributed by atoms with Crippen molar-refractivity contribution in [2.45, 2.75) is 0 Å². The van der Waals surface area contributed by atoms with Crippen LogP contribution in [0, 0.1) is 0 Å². The van der Waals surface area contributed by atoms with Gasteiger partial charge in [-0.1, -0.05) is 18.2 Å². The molecule has 0 spiro atoms. The van der Waals surface area contributed by atoms with Crippen LogP contribution in [0.3, 0.4) is 0 Å². The van der Waals surface area contributed by atoms with Crippen LogP contribution in [0.5, 0.6) is 0 Å². The summed E-state index contributed by atoms with van der Waals surface area (Å²) in [7, 11) is 1.55. The van der Waals surface area contributed by atoms with E-state index in [4.69, 9.17) is 11.6 Å². The van der Waals surface area contributed by atoms with Crippen molar-refractivity contribution in [1.29, 1.82) is 0 Å². The van der Waals surface area contributed by atoms with E-state index in [9.17, 15) is 0 Å². The molecule has 0 radical (unpaired) electrons. The highest BCUT2D eigenvalue weighted by atomic mass is 35.5. The Kier molecular flexibility index (Phi) is 3.52. The van der Waals surface area contributed by atoms with Crippen LogP contribution in [0.2, 0.25) is 0 Å². The minimum atomic E-state index is 0.474. The molecule has 7 heavy (non-hydrogen) atoms. The molecule has 0 saturated carbocycles. The lowest BCUT2D eigenvalue weighted by Gasteiger charge is -1.82. The lowest BCUT2D eigenvalue weighted by molar-refractivity contribution is 0.338. The van der Waals surface area contributed by atoms with Gasteiger partial charge in [-0.3, -0.25) is 0 Å². The standard InChI is InChI=1S/C5H7ClO/c1-5(6)3-4-7-2/h3-4H,1H2,2H3/b4-3+. The second-order valence-corrected chi connectivity index (χ2v) is 1.47. The van der Waals surface area contributed by atoms with Gasteiger partial charge in [0.25, 0.3) is 0 Å². The van der Waals surface area contributed by atoms with Gasteiger partial charge in [-0.05, 0) is 6.08 Å². The molecule has 0 amide bonds. The Balaban J connectivity index is 3.26. The third-order valence-electron chi connectivity index (χ3n) is 0.385. The van der Waals surface area contributed by atoms with Gasteiger partial charge in [-0.25, -0.2) is 0 Å². The number of halogens is 1. The summed E-state index contributed by atoms with van der Waals surface area (Å²) in [6.07, 6.45) is 3.04. The lowest BCUT2D eigenvalue weighted by Crippen LogP contribution is -1.62. The number of hydrogen-bond donors (Lipinski definition) is 0. The highest BCUT2D eigenvalue weighted by Gasteiger charge is 1.71. The fourth-order valence-electron chi connectivity index (χ4n) is 0.142. The zero-order valence-electron chi connectivity index (χ0n) is 4.15.